The molecule has 0 aromatic heterocycles. The van der Waals surface area contributed by atoms with Crippen LogP contribution in [0.25, 0.3) is 0 Å². The smallest absolute Gasteiger partial charge is 0.0672 e. The molecule has 1 aliphatic rings. The minimum atomic E-state index is 0.224. The fourth-order valence-electron chi connectivity index (χ4n) is 3.01. The van der Waals surface area contributed by atoms with Gasteiger partial charge in [-0.3, -0.25) is 0 Å². The first-order valence-electron chi connectivity index (χ1n) is 7.40. The van der Waals surface area contributed by atoms with Gasteiger partial charge in [0.25, 0.3) is 0 Å². The van der Waals surface area contributed by atoms with Crippen LogP contribution < -0.4 is 5.32 Å². The molecule has 1 aromatic rings. The molecule has 1 aliphatic carbocycles. The highest BCUT2D eigenvalue weighted by Crippen LogP contribution is 2.25. The quantitative estimate of drug-likeness (QED) is 0.873. The summed E-state index contributed by atoms with van der Waals surface area (Å²) in [6, 6.07) is 12.1. The minimum absolute atomic E-state index is 0.224. The van der Waals surface area contributed by atoms with E-state index in [4.69, 9.17) is 5.26 Å². The summed E-state index contributed by atoms with van der Waals surface area (Å²) < 4.78 is 0. The van der Waals surface area contributed by atoms with Crippen LogP contribution in [0, 0.1) is 24.2 Å². The zero-order valence-electron chi connectivity index (χ0n) is 12.0. The topological polar surface area (TPSA) is 35.8 Å². The number of rotatable bonds is 5. The second kappa shape index (κ2) is 6.73. The van der Waals surface area contributed by atoms with Crippen molar-refractivity contribution in [3.05, 3.63) is 35.4 Å². The highest BCUT2D eigenvalue weighted by molar-refractivity contribution is 5.22. The van der Waals surface area contributed by atoms with Crippen LogP contribution in [0.5, 0.6) is 0 Å². The van der Waals surface area contributed by atoms with Crippen LogP contribution in [-0.4, -0.2) is 12.1 Å². The predicted octanol–water partition coefficient (Wildman–Crippen LogP) is 3.60. The van der Waals surface area contributed by atoms with Crippen molar-refractivity contribution in [2.24, 2.45) is 5.92 Å². The Bertz CT molecular complexity index is 447. The number of aryl methyl sites for hydroxylation is 2. The molecule has 102 valence electrons. The first-order chi connectivity index (χ1) is 9.19. The monoisotopic (exact) mass is 256 g/mol. The third kappa shape index (κ3) is 4.08. The first-order valence-corrected chi connectivity index (χ1v) is 7.40. The zero-order chi connectivity index (χ0) is 13.7. The predicted molar refractivity (Wildman–Crippen MR) is 78.8 cm³/mol. The Morgan fingerprint density at radius 2 is 2.26 bits per heavy atom. The van der Waals surface area contributed by atoms with Crippen LogP contribution in [0.2, 0.25) is 0 Å². The molecule has 0 heterocycles. The van der Waals surface area contributed by atoms with Crippen LogP contribution >= 0.6 is 0 Å². The van der Waals surface area contributed by atoms with Crippen molar-refractivity contribution >= 4 is 0 Å². The molecule has 3 unspecified atom stereocenters. The highest BCUT2D eigenvalue weighted by Gasteiger charge is 2.27. The Labute approximate surface area is 116 Å². The van der Waals surface area contributed by atoms with Gasteiger partial charge in [-0.2, -0.15) is 5.26 Å². The van der Waals surface area contributed by atoms with Gasteiger partial charge in [-0.05, 0) is 45.1 Å². The summed E-state index contributed by atoms with van der Waals surface area (Å²) in [5.41, 5.74) is 2.75. The van der Waals surface area contributed by atoms with E-state index < -0.39 is 0 Å². The maximum Gasteiger partial charge on any atom is 0.0672 e. The molecule has 0 amide bonds. The first kappa shape index (κ1) is 14.1. The van der Waals surface area contributed by atoms with E-state index in [2.05, 4.69) is 49.5 Å². The van der Waals surface area contributed by atoms with E-state index >= 15 is 0 Å². The van der Waals surface area contributed by atoms with Gasteiger partial charge in [-0.25, -0.2) is 0 Å². The van der Waals surface area contributed by atoms with Crippen molar-refractivity contribution in [2.75, 3.05) is 0 Å². The van der Waals surface area contributed by atoms with Gasteiger partial charge in [0.15, 0.2) is 0 Å². The van der Waals surface area contributed by atoms with Gasteiger partial charge in [0.1, 0.15) is 0 Å². The van der Waals surface area contributed by atoms with E-state index in [1.165, 1.54) is 17.5 Å². The molecule has 0 bridgehead atoms. The van der Waals surface area contributed by atoms with Gasteiger partial charge in [0.2, 0.25) is 0 Å². The summed E-state index contributed by atoms with van der Waals surface area (Å²) in [6.07, 6.45) is 5.67. The lowest BCUT2D eigenvalue weighted by molar-refractivity contribution is 0.396. The van der Waals surface area contributed by atoms with Gasteiger partial charge in [-0.15, -0.1) is 0 Å². The van der Waals surface area contributed by atoms with Gasteiger partial charge in [0.05, 0.1) is 12.0 Å². The molecule has 0 saturated heterocycles. The van der Waals surface area contributed by atoms with Gasteiger partial charge in [0, 0.05) is 12.1 Å². The maximum atomic E-state index is 9.10. The SMILES string of the molecule is Cc1cccc(CCC(C)NC2CCCC2C#N)c1. The third-order valence-electron chi connectivity index (χ3n) is 4.13. The molecule has 1 N–H and O–H groups in total. The Hall–Kier alpha value is -1.33. The van der Waals surface area contributed by atoms with E-state index in [0.29, 0.717) is 12.1 Å². The average molecular weight is 256 g/mol. The lowest BCUT2D eigenvalue weighted by atomic mass is 10.0. The van der Waals surface area contributed by atoms with E-state index in [-0.39, 0.29) is 5.92 Å². The Kier molecular flexibility index (Phi) is 4.99. The van der Waals surface area contributed by atoms with E-state index in [9.17, 15) is 0 Å². The van der Waals surface area contributed by atoms with E-state index in [1.54, 1.807) is 0 Å². The van der Waals surface area contributed by atoms with Gasteiger partial charge in [-0.1, -0.05) is 36.2 Å². The number of nitriles is 1. The third-order valence-corrected chi connectivity index (χ3v) is 4.13. The molecule has 19 heavy (non-hydrogen) atoms. The summed E-state index contributed by atoms with van der Waals surface area (Å²) >= 11 is 0. The minimum Gasteiger partial charge on any atom is -0.310 e. The maximum absolute atomic E-state index is 9.10. The Morgan fingerprint density at radius 3 is 3.00 bits per heavy atom. The number of benzene rings is 1. The van der Waals surface area contributed by atoms with Gasteiger partial charge < -0.3 is 5.32 Å². The summed E-state index contributed by atoms with van der Waals surface area (Å²) in [4.78, 5) is 0. The number of nitrogens with one attached hydrogen (secondary N) is 1. The second-order valence-electron chi connectivity index (χ2n) is 5.87. The van der Waals surface area contributed by atoms with Crippen molar-refractivity contribution < 1.29 is 0 Å². The second-order valence-corrected chi connectivity index (χ2v) is 5.87. The molecule has 0 radical (unpaired) electrons. The molecule has 0 spiro atoms. The average Bonchev–Trinajstić information content (AvgIpc) is 2.84. The fraction of sp³-hybridized carbons (Fsp3) is 0.588. The summed E-state index contributed by atoms with van der Waals surface area (Å²) in [7, 11) is 0. The molecule has 2 rings (SSSR count). The van der Waals surface area contributed by atoms with Crippen LogP contribution in [0.1, 0.15) is 43.7 Å². The summed E-state index contributed by atoms with van der Waals surface area (Å²) in [5.74, 6) is 0.224. The van der Waals surface area contributed by atoms with Crippen molar-refractivity contribution in [1.29, 1.82) is 5.26 Å². The van der Waals surface area contributed by atoms with E-state index in [0.717, 1.165) is 25.7 Å². The molecule has 2 nitrogen and oxygen atoms in total. The van der Waals surface area contributed by atoms with Crippen LogP contribution in [0.4, 0.5) is 0 Å². The lowest BCUT2D eigenvalue weighted by Crippen LogP contribution is -2.38. The fourth-order valence-corrected chi connectivity index (χ4v) is 3.01. The molecule has 1 fully saturated rings. The summed E-state index contributed by atoms with van der Waals surface area (Å²) in [5, 5.41) is 12.7. The summed E-state index contributed by atoms with van der Waals surface area (Å²) in [6.45, 7) is 4.38. The number of hydrogen-bond acceptors (Lipinski definition) is 2. The number of nitrogens with zero attached hydrogens (tertiary/aromatic N) is 1. The lowest BCUT2D eigenvalue weighted by Gasteiger charge is -2.21. The Balaban J connectivity index is 1.78. The standard InChI is InChI=1S/C17H24N2/c1-13-5-3-6-15(11-13)10-9-14(2)19-17-8-4-7-16(17)12-18/h3,5-6,11,14,16-17,19H,4,7-10H2,1-2H3. The van der Waals surface area contributed by atoms with Crippen molar-refractivity contribution in [3.8, 4) is 6.07 Å². The molecule has 3 atom stereocenters. The molecular weight excluding hydrogens is 232 g/mol. The largest absolute Gasteiger partial charge is 0.310 e. The van der Waals surface area contributed by atoms with Crippen LogP contribution in [0.15, 0.2) is 24.3 Å². The molecule has 1 saturated carbocycles. The van der Waals surface area contributed by atoms with Crippen molar-refractivity contribution in [1.82, 2.24) is 5.32 Å². The molecule has 0 aliphatic heterocycles. The van der Waals surface area contributed by atoms with Gasteiger partial charge >= 0.3 is 0 Å². The molecule has 2 heteroatoms. The Morgan fingerprint density at radius 1 is 1.42 bits per heavy atom. The van der Waals surface area contributed by atoms with Crippen molar-refractivity contribution in [2.45, 2.75) is 58.0 Å². The van der Waals surface area contributed by atoms with Crippen LogP contribution in [0.3, 0.4) is 0 Å². The zero-order valence-corrected chi connectivity index (χ0v) is 12.0. The van der Waals surface area contributed by atoms with Crippen molar-refractivity contribution in [3.63, 3.8) is 0 Å². The molecular formula is C17H24N2. The van der Waals surface area contributed by atoms with Crippen LogP contribution in [-0.2, 0) is 6.42 Å². The normalized spacial score (nSPS) is 24.1. The number of hydrogen-bond donors (Lipinski definition) is 1. The highest BCUT2D eigenvalue weighted by atomic mass is 15.0. The van der Waals surface area contributed by atoms with E-state index in [1.807, 2.05) is 0 Å². The molecule has 1 aromatic carbocycles.